The molecule has 4 heteroatoms. The summed E-state index contributed by atoms with van der Waals surface area (Å²) in [7, 11) is 0. The second-order valence-corrected chi connectivity index (χ2v) is 8.41. The SMILES string of the molecule is O[C@@H]1CCN(C2CCNCC2c2ccc(Cl)cc2)[C@H](Cc2ccccc2)C1. The third-order valence-electron chi connectivity index (χ3n) is 6.22. The smallest absolute Gasteiger partial charge is 0.0567 e. The van der Waals surface area contributed by atoms with Gasteiger partial charge in [0.05, 0.1) is 6.10 Å². The number of rotatable bonds is 4. The highest BCUT2D eigenvalue weighted by Gasteiger charge is 2.37. The molecular weight excluding hydrogens is 356 g/mol. The summed E-state index contributed by atoms with van der Waals surface area (Å²) < 4.78 is 0. The van der Waals surface area contributed by atoms with Gasteiger partial charge < -0.3 is 10.4 Å². The number of aliphatic hydroxyl groups excluding tert-OH is 1. The monoisotopic (exact) mass is 384 g/mol. The van der Waals surface area contributed by atoms with Crippen molar-refractivity contribution < 1.29 is 5.11 Å². The summed E-state index contributed by atoms with van der Waals surface area (Å²) in [5.74, 6) is 0.463. The van der Waals surface area contributed by atoms with Gasteiger partial charge >= 0.3 is 0 Å². The van der Waals surface area contributed by atoms with Crippen LogP contribution in [-0.2, 0) is 6.42 Å². The molecule has 0 aromatic heterocycles. The van der Waals surface area contributed by atoms with Crippen LogP contribution >= 0.6 is 11.6 Å². The van der Waals surface area contributed by atoms with Crippen molar-refractivity contribution in [3.05, 3.63) is 70.7 Å². The van der Waals surface area contributed by atoms with Crippen molar-refractivity contribution in [3.63, 3.8) is 0 Å². The minimum atomic E-state index is -0.175. The number of piperidine rings is 2. The molecule has 4 rings (SSSR count). The topological polar surface area (TPSA) is 35.5 Å². The molecule has 0 radical (unpaired) electrons. The third kappa shape index (κ3) is 4.55. The predicted molar refractivity (Wildman–Crippen MR) is 111 cm³/mol. The number of aliphatic hydroxyl groups is 1. The van der Waals surface area contributed by atoms with Crippen LogP contribution in [0.3, 0.4) is 0 Å². The molecule has 0 amide bonds. The van der Waals surface area contributed by atoms with E-state index in [2.05, 4.69) is 52.7 Å². The van der Waals surface area contributed by atoms with Crippen LogP contribution in [0.2, 0.25) is 5.02 Å². The Morgan fingerprint density at radius 2 is 1.81 bits per heavy atom. The summed E-state index contributed by atoms with van der Waals surface area (Å²) in [5.41, 5.74) is 2.72. The second-order valence-electron chi connectivity index (χ2n) is 7.98. The van der Waals surface area contributed by atoms with E-state index in [9.17, 15) is 5.11 Å². The Morgan fingerprint density at radius 3 is 2.59 bits per heavy atom. The maximum atomic E-state index is 10.3. The van der Waals surface area contributed by atoms with Crippen molar-refractivity contribution in [3.8, 4) is 0 Å². The summed E-state index contributed by atoms with van der Waals surface area (Å²) in [4.78, 5) is 2.69. The van der Waals surface area contributed by atoms with Gasteiger partial charge in [0.25, 0.3) is 0 Å². The van der Waals surface area contributed by atoms with E-state index in [1.807, 2.05) is 12.1 Å². The van der Waals surface area contributed by atoms with Crippen molar-refractivity contribution in [2.24, 2.45) is 0 Å². The first-order valence-electron chi connectivity index (χ1n) is 10.1. The molecule has 2 fully saturated rings. The van der Waals surface area contributed by atoms with E-state index >= 15 is 0 Å². The fourth-order valence-electron chi connectivity index (χ4n) is 4.86. The van der Waals surface area contributed by atoms with Gasteiger partial charge in [-0.15, -0.1) is 0 Å². The Hall–Kier alpha value is -1.39. The normalized spacial score (nSPS) is 29.6. The van der Waals surface area contributed by atoms with Crippen molar-refractivity contribution >= 4 is 11.6 Å². The molecule has 27 heavy (non-hydrogen) atoms. The average Bonchev–Trinajstić information content (AvgIpc) is 2.70. The Morgan fingerprint density at radius 1 is 1.04 bits per heavy atom. The van der Waals surface area contributed by atoms with Crippen LogP contribution in [0, 0.1) is 0 Å². The molecule has 2 unspecified atom stereocenters. The zero-order valence-electron chi connectivity index (χ0n) is 15.7. The lowest BCUT2D eigenvalue weighted by Gasteiger charge is -2.47. The van der Waals surface area contributed by atoms with Gasteiger partial charge in [-0.05, 0) is 55.5 Å². The Bertz CT molecular complexity index is 721. The van der Waals surface area contributed by atoms with Crippen LogP contribution in [0.4, 0.5) is 0 Å². The van der Waals surface area contributed by atoms with E-state index in [4.69, 9.17) is 11.6 Å². The number of hydrogen-bond donors (Lipinski definition) is 2. The fraction of sp³-hybridized carbons (Fsp3) is 0.478. The van der Waals surface area contributed by atoms with Crippen molar-refractivity contribution in [2.45, 2.75) is 49.8 Å². The molecule has 2 heterocycles. The molecule has 2 aromatic rings. The minimum absolute atomic E-state index is 0.175. The van der Waals surface area contributed by atoms with Gasteiger partial charge in [-0.1, -0.05) is 54.1 Å². The van der Waals surface area contributed by atoms with Crippen LogP contribution in [-0.4, -0.2) is 47.8 Å². The minimum Gasteiger partial charge on any atom is -0.393 e. The Balaban J connectivity index is 1.57. The van der Waals surface area contributed by atoms with E-state index < -0.39 is 0 Å². The zero-order valence-corrected chi connectivity index (χ0v) is 16.5. The maximum absolute atomic E-state index is 10.3. The van der Waals surface area contributed by atoms with Crippen molar-refractivity contribution in [1.82, 2.24) is 10.2 Å². The molecule has 0 saturated carbocycles. The van der Waals surface area contributed by atoms with Crippen molar-refractivity contribution in [2.75, 3.05) is 19.6 Å². The van der Waals surface area contributed by atoms with E-state index in [-0.39, 0.29) is 6.10 Å². The van der Waals surface area contributed by atoms with Crippen LogP contribution in [0.1, 0.15) is 36.3 Å². The van der Waals surface area contributed by atoms with E-state index in [0.29, 0.717) is 18.0 Å². The van der Waals surface area contributed by atoms with E-state index in [1.54, 1.807) is 0 Å². The summed E-state index contributed by atoms with van der Waals surface area (Å²) in [6.07, 6.45) is 3.73. The molecule has 144 valence electrons. The number of hydrogen-bond acceptors (Lipinski definition) is 3. The summed E-state index contributed by atoms with van der Waals surface area (Å²) >= 11 is 6.11. The number of halogens is 1. The van der Waals surface area contributed by atoms with Gasteiger partial charge in [0.15, 0.2) is 0 Å². The van der Waals surface area contributed by atoms with Gasteiger partial charge in [0.2, 0.25) is 0 Å². The molecule has 0 spiro atoms. The lowest BCUT2D eigenvalue weighted by molar-refractivity contribution is 0.00321. The van der Waals surface area contributed by atoms with Gasteiger partial charge in [0.1, 0.15) is 0 Å². The lowest BCUT2D eigenvalue weighted by atomic mass is 9.82. The van der Waals surface area contributed by atoms with Crippen LogP contribution in [0.5, 0.6) is 0 Å². The van der Waals surface area contributed by atoms with Crippen molar-refractivity contribution in [1.29, 1.82) is 0 Å². The molecule has 2 aliphatic rings. The van der Waals surface area contributed by atoms with E-state index in [1.165, 1.54) is 11.1 Å². The first kappa shape index (κ1) is 18.9. The number of nitrogens with zero attached hydrogens (tertiary/aromatic N) is 1. The largest absolute Gasteiger partial charge is 0.393 e. The molecule has 3 nitrogen and oxygen atoms in total. The summed E-state index contributed by atoms with van der Waals surface area (Å²) in [6.45, 7) is 3.04. The highest BCUT2D eigenvalue weighted by molar-refractivity contribution is 6.30. The highest BCUT2D eigenvalue weighted by atomic mass is 35.5. The Kier molecular flexibility index (Phi) is 6.14. The molecular formula is C23H29ClN2O. The predicted octanol–water partition coefficient (Wildman–Crippen LogP) is 3.85. The number of likely N-dealkylation sites (tertiary alicyclic amines) is 1. The maximum Gasteiger partial charge on any atom is 0.0567 e. The zero-order chi connectivity index (χ0) is 18.6. The molecule has 0 bridgehead atoms. The van der Waals surface area contributed by atoms with Crippen LogP contribution in [0.25, 0.3) is 0 Å². The lowest BCUT2D eigenvalue weighted by Crippen LogP contribution is -2.56. The molecule has 0 aliphatic carbocycles. The number of benzene rings is 2. The fourth-order valence-corrected chi connectivity index (χ4v) is 4.99. The van der Waals surface area contributed by atoms with Gasteiger partial charge in [0, 0.05) is 36.1 Å². The molecule has 4 atom stereocenters. The molecule has 2 aliphatic heterocycles. The highest BCUT2D eigenvalue weighted by Crippen LogP contribution is 2.34. The van der Waals surface area contributed by atoms with Gasteiger partial charge in [-0.3, -0.25) is 4.90 Å². The molecule has 2 saturated heterocycles. The first-order valence-corrected chi connectivity index (χ1v) is 10.5. The molecule has 2 N–H and O–H groups in total. The molecule has 2 aromatic carbocycles. The van der Waals surface area contributed by atoms with E-state index in [0.717, 1.165) is 50.3 Å². The average molecular weight is 385 g/mol. The standard InChI is InChI=1S/C23H29ClN2O/c24-19-8-6-18(7-9-19)22-16-25-12-10-23(22)26-13-11-21(27)15-20(26)14-17-4-2-1-3-5-17/h1-9,20-23,25,27H,10-16H2/t20-,21-,22?,23?/m1/s1. The third-order valence-corrected chi connectivity index (χ3v) is 6.47. The summed E-state index contributed by atoms with van der Waals surface area (Å²) in [6, 6.07) is 20.0. The van der Waals surface area contributed by atoms with Gasteiger partial charge in [-0.2, -0.15) is 0 Å². The summed E-state index contributed by atoms with van der Waals surface area (Å²) in [5, 5.41) is 14.7. The number of nitrogens with one attached hydrogen (secondary N) is 1. The first-order chi connectivity index (χ1) is 13.2. The quantitative estimate of drug-likeness (QED) is 0.840. The van der Waals surface area contributed by atoms with Crippen LogP contribution in [0.15, 0.2) is 54.6 Å². The Labute approximate surface area is 167 Å². The second kappa shape index (κ2) is 8.74. The van der Waals surface area contributed by atoms with Crippen LogP contribution < -0.4 is 5.32 Å². The van der Waals surface area contributed by atoms with Gasteiger partial charge in [-0.25, -0.2) is 0 Å².